The standard InChI is InChI=1S/C52H38N2O/c1-51(2)41-24-10-8-21-37(41)39-29-44-40(30-43(39)51)46-36(23-14-25-42(46)52(44,3)4)34-19-12-17-32(27-34)33-18-13-20-35(28-33)49-53-48(31-15-6-5-7-16-31)47-38-22-9-11-26-45(38)55-50(47)54-49/h5-30H,1-4H3. The molecule has 55 heavy (non-hydrogen) atoms. The van der Waals surface area contributed by atoms with Crippen LogP contribution in [0.2, 0.25) is 0 Å². The molecule has 0 spiro atoms. The van der Waals surface area contributed by atoms with Crippen LogP contribution in [-0.2, 0) is 10.8 Å². The monoisotopic (exact) mass is 706 g/mol. The third kappa shape index (κ3) is 4.63. The van der Waals surface area contributed by atoms with Crippen molar-refractivity contribution >= 4 is 22.1 Å². The molecule has 3 nitrogen and oxygen atoms in total. The highest BCUT2D eigenvalue weighted by Crippen LogP contribution is 2.57. The summed E-state index contributed by atoms with van der Waals surface area (Å²) in [4.78, 5) is 10.2. The quantitative estimate of drug-likeness (QED) is 0.183. The number of benzene rings is 7. The number of aromatic nitrogens is 2. The molecule has 7 aromatic carbocycles. The first-order valence-corrected chi connectivity index (χ1v) is 19.2. The van der Waals surface area contributed by atoms with Crippen LogP contribution < -0.4 is 0 Å². The van der Waals surface area contributed by atoms with Gasteiger partial charge in [0, 0.05) is 27.3 Å². The molecule has 2 aromatic heterocycles. The first-order valence-electron chi connectivity index (χ1n) is 19.2. The van der Waals surface area contributed by atoms with Gasteiger partial charge in [0.25, 0.3) is 0 Å². The van der Waals surface area contributed by atoms with Gasteiger partial charge >= 0.3 is 0 Å². The van der Waals surface area contributed by atoms with Gasteiger partial charge in [-0.15, -0.1) is 0 Å². The fraction of sp³-hybridized carbons (Fsp3) is 0.115. The second kappa shape index (κ2) is 11.5. The minimum absolute atomic E-state index is 0.0613. The van der Waals surface area contributed by atoms with Crippen molar-refractivity contribution in [2.24, 2.45) is 0 Å². The van der Waals surface area contributed by atoms with E-state index >= 15 is 0 Å². The summed E-state index contributed by atoms with van der Waals surface area (Å²) in [6.07, 6.45) is 0. The average Bonchev–Trinajstić information content (AvgIpc) is 3.80. The van der Waals surface area contributed by atoms with Crippen molar-refractivity contribution in [3.8, 4) is 67.2 Å². The van der Waals surface area contributed by atoms with Crippen LogP contribution in [0.4, 0.5) is 0 Å². The smallest absolute Gasteiger partial charge is 0.231 e. The van der Waals surface area contributed by atoms with E-state index in [1.165, 1.54) is 55.6 Å². The lowest BCUT2D eigenvalue weighted by Crippen LogP contribution is -2.16. The molecule has 262 valence electrons. The average molecular weight is 707 g/mol. The minimum atomic E-state index is -0.122. The molecule has 2 heterocycles. The summed E-state index contributed by atoms with van der Waals surface area (Å²) >= 11 is 0. The fourth-order valence-electron chi connectivity index (χ4n) is 9.48. The van der Waals surface area contributed by atoms with Gasteiger partial charge in [-0.2, -0.15) is 4.98 Å². The Hall–Kier alpha value is -6.58. The number of hydrogen-bond acceptors (Lipinski definition) is 3. The normalized spacial score (nSPS) is 14.5. The second-order valence-corrected chi connectivity index (χ2v) is 16.2. The van der Waals surface area contributed by atoms with Crippen LogP contribution in [0, 0.1) is 0 Å². The van der Waals surface area contributed by atoms with E-state index in [1.807, 2.05) is 36.4 Å². The van der Waals surface area contributed by atoms with Crippen molar-refractivity contribution in [3.05, 3.63) is 180 Å². The molecule has 0 N–H and O–H groups in total. The topological polar surface area (TPSA) is 38.9 Å². The van der Waals surface area contributed by atoms with Gasteiger partial charge in [0.15, 0.2) is 5.82 Å². The van der Waals surface area contributed by atoms with Crippen molar-refractivity contribution in [2.45, 2.75) is 38.5 Å². The van der Waals surface area contributed by atoms with Gasteiger partial charge < -0.3 is 4.42 Å². The number of para-hydroxylation sites is 1. The summed E-state index contributed by atoms with van der Waals surface area (Å²) in [5.41, 5.74) is 19.9. The summed E-state index contributed by atoms with van der Waals surface area (Å²) in [6.45, 7) is 9.51. The molecule has 0 atom stereocenters. The molecule has 2 aliphatic carbocycles. The van der Waals surface area contributed by atoms with E-state index in [9.17, 15) is 0 Å². The van der Waals surface area contributed by atoms with Crippen molar-refractivity contribution in [1.82, 2.24) is 9.97 Å². The maximum Gasteiger partial charge on any atom is 0.231 e. The molecular formula is C52H38N2O. The first-order chi connectivity index (χ1) is 26.8. The maximum absolute atomic E-state index is 6.33. The SMILES string of the molecule is CC1(C)c2ccccc2-c2cc3c(cc21)-c1c(-c2cccc(-c4cccc(-c5nc(-c6ccccc6)c6c(n5)oc5ccccc56)c4)c2)cccc1C3(C)C. The number of hydrogen-bond donors (Lipinski definition) is 0. The zero-order valence-electron chi connectivity index (χ0n) is 31.3. The summed E-state index contributed by atoms with van der Waals surface area (Å²) in [5, 5.41) is 1.96. The summed E-state index contributed by atoms with van der Waals surface area (Å²) in [6, 6.07) is 56.8. The molecule has 0 bridgehead atoms. The van der Waals surface area contributed by atoms with E-state index in [0.717, 1.165) is 44.3 Å². The molecule has 11 rings (SSSR count). The molecular weight excluding hydrogens is 669 g/mol. The number of furan rings is 1. The Morgan fingerprint density at radius 2 is 1.00 bits per heavy atom. The maximum atomic E-state index is 6.33. The van der Waals surface area contributed by atoms with Gasteiger partial charge in [0.1, 0.15) is 5.58 Å². The molecule has 0 saturated heterocycles. The Balaban J connectivity index is 1.03. The van der Waals surface area contributed by atoms with Crippen LogP contribution in [0.1, 0.15) is 49.9 Å². The van der Waals surface area contributed by atoms with Crippen LogP contribution in [0.5, 0.6) is 0 Å². The third-order valence-electron chi connectivity index (χ3n) is 12.3. The Labute approximate surface area is 321 Å². The van der Waals surface area contributed by atoms with E-state index < -0.39 is 0 Å². The van der Waals surface area contributed by atoms with Gasteiger partial charge in [0.2, 0.25) is 5.71 Å². The predicted octanol–water partition coefficient (Wildman–Crippen LogP) is 13.7. The molecule has 0 aliphatic heterocycles. The molecule has 0 saturated carbocycles. The van der Waals surface area contributed by atoms with Crippen LogP contribution in [-0.4, -0.2) is 9.97 Å². The molecule has 0 fully saturated rings. The molecule has 3 heteroatoms. The van der Waals surface area contributed by atoms with Gasteiger partial charge in [0.05, 0.1) is 11.1 Å². The highest BCUT2D eigenvalue weighted by atomic mass is 16.3. The van der Waals surface area contributed by atoms with Gasteiger partial charge in [-0.05, 0) is 97.1 Å². The van der Waals surface area contributed by atoms with Crippen LogP contribution >= 0.6 is 0 Å². The Bertz CT molecular complexity index is 3040. The Kier molecular flexibility index (Phi) is 6.65. The summed E-state index contributed by atoms with van der Waals surface area (Å²) in [5.74, 6) is 0.640. The molecule has 9 aromatic rings. The largest absolute Gasteiger partial charge is 0.438 e. The molecule has 2 aliphatic rings. The summed E-state index contributed by atoms with van der Waals surface area (Å²) in [7, 11) is 0. The van der Waals surface area contributed by atoms with Gasteiger partial charge in [-0.3, -0.25) is 0 Å². The predicted molar refractivity (Wildman–Crippen MR) is 226 cm³/mol. The number of fused-ring (bicyclic) bond motifs is 9. The number of nitrogens with zero attached hydrogens (tertiary/aromatic N) is 2. The zero-order chi connectivity index (χ0) is 37.1. The van der Waals surface area contributed by atoms with Crippen LogP contribution in [0.15, 0.2) is 162 Å². The lowest BCUT2D eigenvalue weighted by molar-refractivity contribution is 0.652. The molecule has 0 unspecified atom stereocenters. The second-order valence-electron chi connectivity index (χ2n) is 16.2. The molecule has 0 amide bonds. The van der Waals surface area contributed by atoms with E-state index in [1.54, 1.807) is 0 Å². The van der Waals surface area contributed by atoms with E-state index in [-0.39, 0.29) is 10.8 Å². The van der Waals surface area contributed by atoms with Gasteiger partial charge in [-0.1, -0.05) is 155 Å². The van der Waals surface area contributed by atoms with E-state index in [4.69, 9.17) is 14.4 Å². The molecule has 0 radical (unpaired) electrons. The van der Waals surface area contributed by atoms with Crippen molar-refractivity contribution in [2.75, 3.05) is 0 Å². The van der Waals surface area contributed by atoms with Gasteiger partial charge in [-0.25, -0.2) is 4.98 Å². The van der Waals surface area contributed by atoms with E-state index in [2.05, 4.69) is 149 Å². The minimum Gasteiger partial charge on any atom is -0.438 e. The fourth-order valence-corrected chi connectivity index (χ4v) is 9.48. The lowest BCUT2D eigenvalue weighted by Gasteiger charge is -2.24. The summed E-state index contributed by atoms with van der Waals surface area (Å²) < 4.78 is 6.33. The zero-order valence-corrected chi connectivity index (χ0v) is 31.3. The van der Waals surface area contributed by atoms with Crippen LogP contribution in [0.25, 0.3) is 89.2 Å². The highest BCUT2D eigenvalue weighted by molar-refractivity contribution is 6.10. The first kappa shape index (κ1) is 31.9. The Morgan fingerprint density at radius 1 is 0.418 bits per heavy atom. The van der Waals surface area contributed by atoms with E-state index in [0.29, 0.717) is 11.5 Å². The lowest BCUT2D eigenvalue weighted by atomic mass is 9.79. The van der Waals surface area contributed by atoms with Crippen molar-refractivity contribution in [1.29, 1.82) is 0 Å². The van der Waals surface area contributed by atoms with Crippen LogP contribution in [0.3, 0.4) is 0 Å². The third-order valence-corrected chi connectivity index (χ3v) is 12.3. The Morgan fingerprint density at radius 3 is 1.84 bits per heavy atom. The highest BCUT2D eigenvalue weighted by Gasteiger charge is 2.42. The van der Waals surface area contributed by atoms with Crippen molar-refractivity contribution < 1.29 is 4.42 Å². The number of rotatable bonds is 4. The van der Waals surface area contributed by atoms with Crippen molar-refractivity contribution in [3.63, 3.8) is 0 Å².